The van der Waals surface area contributed by atoms with Gasteiger partial charge in [-0.15, -0.1) is 0 Å². The predicted octanol–water partition coefficient (Wildman–Crippen LogP) is 4.17. The molecule has 0 aliphatic heterocycles. The Morgan fingerprint density at radius 3 is 2.44 bits per heavy atom. The van der Waals surface area contributed by atoms with E-state index in [1.165, 1.54) is 18.5 Å². The van der Waals surface area contributed by atoms with Crippen molar-refractivity contribution < 1.29 is 22.8 Å². The molecule has 11 heteroatoms. The van der Waals surface area contributed by atoms with Gasteiger partial charge in [0.25, 0.3) is 5.91 Å². The van der Waals surface area contributed by atoms with Crippen LogP contribution in [-0.2, 0) is 17.5 Å². The first-order valence-electron chi connectivity index (χ1n) is 11.2. The van der Waals surface area contributed by atoms with E-state index in [0.717, 1.165) is 6.07 Å². The highest BCUT2D eigenvalue weighted by molar-refractivity contribution is 6.00. The van der Waals surface area contributed by atoms with E-state index in [1.54, 1.807) is 44.4 Å². The molecule has 188 valence electrons. The number of anilines is 3. The maximum atomic E-state index is 13.4. The average Bonchev–Trinajstić information content (AvgIpc) is 3.64. The summed E-state index contributed by atoms with van der Waals surface area (Å²) < 4.78 is 40.1. The summed E-state index contributed by atoms with van der Waals surface area (Å²) in [4.78, 5) is 33.6. The molecule has 0 spiro atoms. The Morgan fingerprint density at radius 2 is 1.81 bits per heavy atom. The minimum absolute atomic E-state index is 0.0715. The second kappa shape index (κ2) is 9.84. The van der Waals surface area contributed by atoms with Crippen LogP contribution in [0.5, 0.6) is 0 Å². The van der Waals surface area contributed by atoms with E-state index >= 15 is 0 Å². The molecule has 0 radical (unpaired) electrons. The largest absolute Gasteiger partial charge is 0.418 e. The Kier molecular flexibility index (Phi) is 6.82. The highest BCUT2D eigenvalue weighted by Crippen LogP contribution is 2.37. The van der Waals surface area contributed by atoms with E-state index in [0.29, 0.717) is 41.0 Å². The van der Waals surface area contributed by atoms with Crippen LogP contribution in [0.3, 0.4) is 0 Å². The standard InChI is InChI=1S/C25H25F3N6O2/c1-15-3-6-21(20(9-15)25(26,27)28)33-18-5-4-17(31-14-18)13-32-23(36)24(7-8-24)34-22(35)16-10-19(29-2)12-30-11-16/h3-6,9-12,14,29,33H,7-8,13H2,1-2H3,(H,32,36)(H,34,35). The van der Waals surface area contributed by atoms with Gasteiger partial charge < -0.3 is 21.3 Å². The minimum atomic E-state index is -4.49. The van der Waals surface area contributed by atoms with Crippen LogP contribution in [-0.4, -0.2) is 34.4 Å². The molecule has 2 aromatic heterocycles. The van der Waals surface area contributed by atoms with Gasteiger partial charge in [-0.25, -0.2) is 0 Å². The molecule has 1 aliphatic carbocycles. The fourth-order valence-corrected chi connectivity index (χ4v) is 3.62. The van der Waals surface area contributed by atoms with E-state index in [4.69, 9.17) is 0 Å². The summed E-state index contributed by atoms with van der Waals surface area (Å²) in [6.45, 7) is 1.70. The fourth-order valence-electron chi connectivity index (χ4n) is 3.62. The van der Waals surface area contributed by atoms with Gasteiger partial charge >= 0.3 is 6.18 Å². The van der Waals surface area contributed by atoms with Gasteiger partial charge in [-0.05, 0) is 50.1 Å². The zero-order valence-corrected chi connectivity index (χ0v) is 19.7. The number of alkyl halides is 3. The molecular formula is C25H25F3N6O2. The lowest BCUT2D eigenvalue weighted by Crippen LogP contribution is -2.48. The summed E-state index contributed by atoms with van der Waals surface area (Å²) >= 11 is 0. The van der Waals surface area contributed by atoms with Crippen LogP contribution in [0.1, 0.15) is 40.0 Å². The number of aromatic nitrogens is 2. The summed E-state index contributed by atoms with van der Waals surface area (Å²) in [5.74, 6) is -0.720. The maximum absolute atomic E-state index is 13.4. The molecule has 1 fully saturated rings. The molecule has 8 nitrogen and oxygen atoms in total. The molecule has 0 saturated heterocycles. The van der Waals surface area contributed by atoms with Crippen molar-refractivity contribution in [3.05, 3.63) is 77.4 Å². The molecule has 1 aromatic carbocycles. The SMILES string of the molecule is CNc1cncc(C(=O)NC2(C(=O)NCc3ccc(Nc4ccc(C)cc4C(F)(F)F)cn3)CC2)c1. The third-order valence-corrected chi connectivity index (χ3v) is 5.84. The van der Waals surface area contributed by atoms with Crippen LogP contribution < -0.4 is 21.3 Å². The summed E-state index contributed by atoms with van der Waals surface area (Å²) in [6.07, 6.45) is 0.943. The number of amides is 2. The molecule has 2 amide bonds. The number of hydrogen-bond acceptors (Lipinski definition) is 6. The average molecular weight is 499 g/mol. The molecule has 0 bridgehead atoms. The van der Waals surface area contributed by atoms with Gasteiger partial charge in [0, 0.05) is 19.4 Å². The minimum Gasteiger partial charge on any atom is -0.387 e. The summed E-state index contributed by atoms with van der Waals surface area (Å²) in [7, 11) is 1.72. The third-order valence-electron chi connectivity index (χ3n) is 5.84. The third kappa shape index (κ3) is 5.73. The lowest BCUT2D eigenvalue weighted by Gasteiger charge is -2.17. The Bertz CT molecular complexity index is 1270. The first kappa shape index (κ1) is 25.0. The smallest absolute Gasteiger partial charge is 0.387 e. The van der Waals surface area contributed by atoms with Crippen LogP contribution in [0.2, 0.25) is 0 Å². The number of nitrogens with one attached hydrogen (secondary N) is 4. The van der Waals surface area contributed by atoms with Crippen molar-refractivity contribution >= 4 is 28.9 Å². The first-order valence-corrected chi connectivity index (χ1v) is 11.2. The molecule has 1 aliphatic rings. The normalized spacial score (nSPS) is 14.0. The van der Waals surface area contributed by atoms with Crippen LogP contribution in [0.15, 0.2) is 55.0 Å². The number of hydrogen-bond donors (Lipinski definition) is 4. The van der Waals surface area contributed by atoms with E-state index in [9.17, 15) is 22.8 Å². The van der Waals surface area contributed by atoms with Crippen LogP contribution in [0.4, 0.5) is 30.2 Å². The second-order valence-corrected chi connectivity index (χ2v) is 8.64. The number of nitrogens with zero attached hydrogens (tertiary/aromatic N) is 2. The lowest BCUT2D eigenvalue weighted by molar-refractivity contribution is -0.137. The van der Waals surface area contributed by atoms with Gasteiger partial charge in [-0.1, -0.05) is 11.6 Å². The topological polar surface area (TPSA) is 108 Å². The van der Waals surface area contributed by atoms with Crippen molar-refractivity contribution in [2.24, 2.45) is 0 Å². The number of halogens is 3. The van der Waals surface area contributed by atoms with E-state index in [2.05, 4.69) is 31.2 Å². The van der Waals surface area contributed by atoms with E-state index in [1.807, 2.05) is 0 Å². The number of rotatable bonds is 8. The van der Waals surface area contributed by atoms with Gasteiger partial charge in [0.2, 0.25) is 5.91 Å². The molecule has 2 heterocycles. The quantitative estimate of drug-likeness (QED) is 0.371. The van der Waals surface area contributed by atoms with Gasteiger partial charge in [0.1, 0.15) is 5.54 Å². The maximum Gasteiger partial charge on any atom is 0.418 e. The monoisotopic (exact) mass is 498 g/mol. The van der Waals surface area contributed by atoms with Crippen LogP contribution >= 0.6 is 0 Å². The van der Waals surface area contributed by atoms with Gasteiger partial charge in [0.15, 0.2) is 0 Å². The highest BCUT2D eigenvalue weighted by Gasteiger charge is 2.51. The number of carbonyl (C=O) groups excluding carboxylic acids is 2. The van der Waals surface area contributed by atoms with Gasteiger partial charge in [-0.3, -0.25) is 19.6 Å². The lowest BCUT2D eigenvalue weighted by atomic mass is 10.1. The molecule has 3 aromatic rings. The second-order valence-electron chi connectivity index (χ2n) is 8.64. The Labute approximate surface area is 205 Å². The molecule has 36 heavy (non-hydrogen) atoms. The highest BCUT2D eigenvalue weighted by atomic mass is 19.4. The van der Waals surface area contributed by atoms with E-state index < -0.39 is 23.2 Å². The number of aryl methyl sites for hydroxylation is 1. The Morgan fingerprint density at radius 1 is 1.03 bits per heavy atom. The fraction of sp³-hybridized carbons (Fsp3) is 0.280. The number of pyridine rings is 2. The Balaban J connectivity index is 1.35. The van der Waals surface area contributed by atoms with Gasteiger partial charge in [0.05, 0.1) is 46.6 Å². The number of benzene rings is 1. The molecule has 4 N–H and O–H groups in total. The predicted molar refractivity (Wildman–Crippen MR) is 129 cm³/mol. The van der Waals surface area contributed by atoms with Crippen molar-refractivity contribution in [2.45, 2.75) is 38.0 Å². The van der Waals surface area contributed by atoms with Crippen molar-refractivity contribution in [3.63, 3.8) is 0 Å². The molecule has 0 unspecified atom stereocenters. The van der Waals surface area contributed by atoms with Gasteiger partial charge in [-0.2, -0.15) is 13.2 Å². The van der Waals surface area contributed by atoms with Crippen molar-refractivity contribution in [1.82, 2.24) is 20.6 Å². The first-order chi connectivity index (χ1) is 17.1. The number of carbonyl (C=O) groups is 2. The van der Waals surface area contributed by atoms with Crippen molar-refractivity contribution in [2.75, 3.05) is 17.7 Å². The molecule has 4 rings (SSSR count). The van der Waals surface area contributed by atoms with Crippen LogP contribution in [0.25, 0.3) is 0 Å². The summed E-state index contributed by atoms with van der Waals surface area (Å²) in [5.41, 5.74) is 0.607. The Hall–Kier alpha value is -4.15. The molecule has 0 atom stereocenters. The summed E-state index contributed by atoms with van der Waals surface area (Å²) in [6, 6.07) is 8.89. The molecule has 1 saturated carbocycles. The van der Waals surface area contributed by atoms with Crippen LogP contribution in [0, 0.1) is 6.92 Å². The zero-order valence-electron chi connectivity index (χ0n) is 19.7. The van der Waals surface area contributed by atoms with Crippen molar-refractivity contribution in [3.8, 4) is 0 Å². The van der Waals surface area contributed by atoms with Crippen molar-refractivity contribution in [1.29, 1.82) is 0 Å². The summed E-state index contributed by atoms with van der Waals surface area (Å²) in [5, 5.41) is 11.2. The van der Waals surface area contributed by atoms with E-state index in [-0.39, 0.29) is 18.1 Å². The molecular weight excluding hydrogens is 473 g/mol. The zero-order chi connectivity index (χ0) is 25.9.